The van der Waals surface area contributed by atoms with Gasteiger partial charge in [0, 0.05) is 6.61 Å². The van der Waals surface area contributed by atoms with Gasteiger partial charge in [-0.1, -0.05) is 0 Å². The van der Waals surface area contributed by atoms with Crippen molar-refractivity contribution in [2.24, 2.45) is 0 Å². The SMILES string of the molecule is CCOCCOCCOCCOCc1ccco1. The van der Waals surface area contributed by atoms with Crippen LogP contribution in [0.2, 0.25) is 0 Å². The van der Waals surface area contributed by atoms with E-state index in [9.17, 15) is 0 Å². The maximum Gasteiger partial charge on any atom is 0.129 e. The molecule has 0 atom stereocenters. The maximum atomic E-state index is 5.36. The second-order valence-corrected chi connectivity index (χ2v) is 3.55. The van der Waals surface area contributed by atoms with Crippen LogP contribution in [0.1, 0.15) is 12.7 Å². The van der Waals surface area contributed by atoms with Crippen LogP contribution < -0.4 is 0 Å². The van der Waals surface area contributed by atoms with Crippen molar-refractivity contribution >= 4 is 0 Å². The third-order valence-corrected chi connectivity index (χ3v) is 2.14. The summed E-state index contributed by atoms with van der Waals surface area (Å²) < 4.78 is 26.3. The van der Waals surface area contributed by atoms with Crippen LogP contribution in [0.15, 0.2) is 22.8 Å². The largest absolute Gasteiger partial charge is 0.467 e. The molecule has 1 aromatic rings. The number of ether oxygens (including phenoxy) is 4. The lowest BCUT2D eigenvalue weighted by Crippen LogP contribution is -2.11. The molecule has 0 unspecified atom stereocenters. The maximum absolute atomic E-state index is 5.36. The van der Waals surface area contributed by atoms with E-state index in [0.29, 0.717) is 46.2 Å². The van der Waals surface area contributed by atoms with Crippen molar-refractivity contribution in [1.82, 2.24) is 0 Å². The predicted molar refractivity (Wildman–Crippen MR) is 66.5 cm³/mol. The average molecular weight is 258 g/mol. The lowest BCUT2D eigenvalue weighted by atomic mass is 10.5. The molecule has 0 saturated heterocycles. The standard InChI is InChI=1S/C13H22O5/c1-2-14-6-7-15-8-9-16-10-11-17-12-13-4-3-5-18-13/h3-5H,2,6-12H2,1H3. The second kappa shape index (κ2) is 11.2. The van der Waals surface area contributed by atoms with Crippen LogP contribution in [0.5, 0.6) is 0 Å². The highest BCUT2D eigenvalue weighted by atomic mass is 16.6. The summed E-state index contributed by atoms with van der Waals surface area (Å²) in [4.78, 5) is 0. The molecule has 5 nitrogen and oxygen atoms in total. The third kappa shape index (κ3) is 8.25. The van der Waals surface area contributed by atoms with Gasteiger partial charge in [-0.3, -0.25) is 0 Å². The minimum atomic E-state index is 0.487. The van der Waals surface area contributed by atoms with Crippen molar-refractivity contribution < 1.29 is 23.4 Å². The lowest BCUT2D eigenvalue weighted by molar-refractivity contribution is -0.00469. The van der Waals surface area contributed by atoms with Gasteiger partial charge in [-0.25, -0.2) is 0 Å². The summed E-state index contributed by atoms with van der Waals surface area (Å²) in [7, 11) is 0. The van der Waals surface area contributed by atoms with Gasteiger partial charge in [-0.15, -0.1) is 0 Å². The van der Waals surface area contributed by atoms with Gasteiger partial charge < -0.3 is 23.4 Å². The molecule has 104 valence electrons. The molecule has 0 spiro atoms. The van der Waals surface area contributed by atoms with Crippen molar-refractivity contribution in [2.45, 2.75) is 13.5 Å². The Morgan fingerprint density at radius 2 is 1.50 bits per heavy atom. The van der Waals surface area contributed by atoms with Crippen LogP contribution in [0.25, 0.3) is 0 Å². The van der Waals surface area contributed by atoms with Gasteiger partial charge in [0.2, 0.25) is 0 Å². The smallest absolute Gasteiger partial charge is 0.129 e. The fourth-order valence-corrected chi connectivity index (χ4v) is 1.27. The summed E-state index contributed by atoms with van der Waals surface area (Å²) in [5.41, 5.74) is 0. The second-order valence-electron chi connectivity index (χ2n) is 3.55. The van der Waals surface area contributed by atoms with Crippen molar-refractivity contribution in [1.29, 1.82) is 0 Å². The molecule has 0 N–H and O–H groups in total. The summed E-state index contributed by atoms with van der Waals surface area (Å²) in [5.74, 6) is 0.828. The first-order valence-electron chi connectivity index (χ1n) is 6.27. The Balaban J connectivity index is 1.73. The topological polar surface area (TPSA) is 50.1 Å². The van der Waals surface area contributed by atoms with E-state index in [1.54, 1.807) is 6.26 Å². The Bertz CT molecular complexity index is 260. The van der Waals surface area contributed by atoms with E-state index < -0.39 is 0 Å². The molecular weight excluding hydrogens is 236 g/mol. The van der Waals surface area contributed by atoms with E-state index in [2.05, 4.69) is 0 Å². The van der Waals surface area contributed by atoms with Gasteiger partial charge in [0.25, 0.3) is 0 Å². The number of hydrogen-bond acceptors (Lipinski definition) is 5. The molecule has 0 amide bonds. The lowest BCUT2D eigenvalue weighted by Gasteiger charge is -2.06. The highest BCUT2D eigenvalue weighted by Crippen LogP contribution is 2.01. The molecule has 0 aliphatic carbocycles. The normalized spacial score (nSPS) is 10.9. The fourth-order valence-electron chi connectivity index (χ4n) is 1.27. The van der Waals surface area contributed by atoms with Gasteiger partial charge in [0.05, 0.1) is 45.9 Å². The van der Waals surface area contributed by atoms with E-state index in [1.165, 1.54) is 0 Å². The van der Waals surface area contributed by atoms with Gasteiger partial charge in [0.15, 0.2) is 0 Å². The highest BCUT2D eigenvalue weighted by molar-refractivity contribution is 4.95. The Hall–Kier alpha value is -0.880. The van der Waals surface area contributed by atoms with E-state index in [-0.39, 0.29) is 0 Å². The first-order chi connectivity index (χ1) is 8.93. The summed E-state index contributed by atoms with van der Waals surface area (Å²) >= 11 is 0. The van der Waals surface area contributed by atoms with E-state index in [1.807, 2.05) is 19.1 Å². The number of hydrogen-bond donors (Lipinski definition) is 0. The van der Waals surface area contributed by atoms with E-state index in [4.69, 9.17) is 23.4 Å². The molecule has 1 rings (SSSR count). The summed E-state index contributed by atoms with van der Waals surface area (Å²) in [5, 5.41) is 0. The van der Waals surface area contributed by atoms with E-state index >= 15 is 0 Å². The van der Waals surface area contributed by atoms with Crippen molar-refractivity contribution in [3.05, 3.63) is 24.2 Å². The predicted octanol–water partition coefficient (Wildman–Crippen LogP) is 1.87. The van der Waals surface area contributed by atoms with Crippen molar-refractivity contribution in [3.63, 3.8) is 0 Å². The zero-order valence-electron chi connectivity index (χ0n) is 10.9. The van der Waals surface area contributed by atoms with Crippen LogP contribution in [0.4, 0.5) is 0 Å². The Morgan fingerprint density at radius 1 is 0.889 bits per heavy atom. The molecule has 0 aliphatic heterocycles. The van der Waals surface area contributed by atoms with Crippen LogP contribution in [-0.2, 0) is 25.6 Å². The van der Waals surface area contributed by atoms with E-state index in [0.717, 1.165) is 12.4 Å². The monoisotopic (exact) mass is 258 g/mol. The highest BCUT2D eigenvalue weighted by Gasteiger charge is 1.95. The molecule has 0 aromatic carbocycles. The third-order valence-electron chi connectivity index (χ3n) is 2.14. The Morgan fingerprint density at radius 3 is 2.06 bits per heavy atom. The Labute approximate surface area is 108 Å². The van der Waals surface area contributed by atoms with Crippen LogP contribution in [0.3, 0.4) is 0 Å². The first-order valence-corrected chi connectivity index (χ1v) is 6.27. The summed E-state index contributed by atoms with van der Waals surface area (Å²) in [6, 6.07) is 3.72. The zero-order valence-corrected chi connectivity index (χ0v) is 10.9. The summed E-state index contributed by atoms with van der Waals surface area (Å²) in [6.07, 6.45) is 1.63. The van der Waals surface area contributed by atoms with Crippen LogP contribution in [-0.4, -0.2) is 46.2 Å². The molecule has 1 heterocycles. The van der Waals surface area contributed by atoms with Crippen molar-refractivity contribution in [2.75, 3.05) is 46.2 Å². The minimum Gasteiger partial charge on any atom is -0.467 e. The van der Waals surface area contributed by atoms with Crippen LogP contribution in [0, 0.1) is 0 Å². The van der Waals surface area contributed by atoms with Gasteiger partial charge in [-0.05, 0) is 19.1 Å². The number of furan rings is 1. The quantitative estimate of drug-likeness (QED) is 0.536. The molecule has 1 aromatic heterocycles. The van der Waals surface area contributed by atoms with Gasteiger partial charge in [0.1, 0.15) is 12.4 Å². The van der Waals surface area contributed by atoms with Gasteiger partial charge >= 0.3 is 0 Å². The summed E-state index contributed by atoms with van der Waals surface area (Å²) in [6.45, 7) is 6.73. The number of rotatable bonds is 12. The fraction of sp³-hybridized carbons (Fsp3) is 0.692. The molecule has 18 heavy (non-hydrogen) atoms. The Kier molecular flexibility index (Phi) is 9.46. The van der Waals surface area contributed by atoms with Crippen LogP contribution >= 0.6 is 0 Å². The zero-order chi connectivity index (χ0) is 12.9. The first kappa shape index (κ1) is 15.2. The molecule has 5 heteroatoms. The molecule has 0 aliphatic rings. The molecule has 0 radical (unpaired) electrons. The van der Waals surface area contributed by atoms with Crippen molar-refractivity contribution in [3.8, 4) is 0 Å². The van der Waals surface area contributed by atoms with Gasteiger partial charge in [-0.2, -0.15) is 0 Å². The molecule has 0 bridgehead atoms. The molecule has 0 saturated carbocycles. The molecule has 0 fully saturated rings. The average Bonchev–Trinajstić information content (AvgIpc) is 2.89. The minimum absolute atomic E-state index is 0.487. The molecular formula is C13H22O5.